The van der Waals surface area contributed by atoms with Gasteiger partial charge < -0.3 is 18.9 Å². The van der Waals surface area contributed by atoms with Crippen molar-refractivity contribution in [2.45, 2.75) is 0 Å². The molecule has 0 radical (unpaired) electrons. The second-order valence-electron chi connectivity index (χ2n) is 10.1. The molecular formula is C35H22N8O4. The lowest BCUT2D eigenvalue weighted by atomic mass is 10.1. The summed E-state index contributed by atoms with van der Waals surface area (Å²) in [4.78, 5) is 29.0. The van der Waals surface area contributed by atoms with E-state index in [9.17, 15) is 0 Å². The molecule has 0 saturated heterocycles. The Labute approximate surface area is 266 Å². The molecule has 0 saturated carbocycles. The standard InChI is InChI=1S/C35H22N8O4/c1-3-23(15-25(5-1)46-33-11-13-36-19-39-33)44-27-7-9-29-30-10-8-28(18-32(30)43(31(29)17-27)35-41-21-38-22-42-35)45-24-4-2-6-26(16-24)47-34-12-14-37-20-40-34/h1-22H. The first-order chi connectivity index (χ1) is 23.2. The minimum absolute atomic E-state index is 0.437. The fourth-order valence-electron chi connectivity index (χ4n) is 5.06. The van der Waals surface area contributed by atoms with Gasteiger partial charge in [0.05, 0.1) is 11.0 Å². The molecule has 0 atom stereocenters. The van der Waals surface area contributed by atoms with Gasteiger partial charge in [0.15, 0.2) is 0 Å². The molecule has 47 heavy (non-hydrogen) atoms. The lowest BCUT2D eigenvalue weighted by Gasteiger charge is -2.10. The number of fused-ring (bicyclic) bond motifs is 3. The predicted molar refractivity (Wildman–Crippen MR) is 171 cm³/mol. The Morgan fingerprint density at radius 1 is 0.404 bits per heavy atom. The zero-order valence-corrected chi connectivity index (χ0v) is 24.4. The van der Waals surface area contributed by atoms with Crippen molar-refractivity contribution in [2.75, 3.05) is 0 Å². The fraction of sp³-hybridized carbons (Fsp3) is 0. The SMILES string of the molecule is c1cc(Oc2ccc3c4ccc(Oc5cccc(Oc6ccncn6)c5)cc4n(-c4ncncn4)c3c2)cc(Oc2ccncn2)c1. The Morgan fingerprint density at radius 3 is 1.32 bits per heavy atom. The summed E-state index contributed by atoms with van der Waals surface area (Å²) in [7, 11) is 0. The van der Waals surface area contributed by atoms with E-state index < -0.39 is 0 Å². The molecule has 0 aliphatic rings. The van der Waals surface area contributed by atoms with Crippen LogP contribution in [0, 0.1) is 0 Å². The van der Waals surface area contributed by atoms with Gasteiger partial charge in [-0.05, 0) is 48.5 Å². The minimum atomic E-state index is 0.437. The minimum Gasteiger partial charge on any atom is -0.457 e. The van der Waals surface area contributed by atoms with E-state index >= 15 is 0 Å². The van der Waals surface area contributed by atoms with E-state index in [2.05, 4.69) is 34.9 Å². The van der Waals surface area contributed by atoms with Gasteiger partial charge in [0.25, 0.3) is 0 Å². The van der Waals surface area contributed by atoms with Gasteiger partial charge in [0, 0.05) is 59.6 Å². The molecule has 12 heteroatoms. The summed E-state index contributed by atoms with van der Waals surface area (Å²) in [5.74, 6) is 4.92. The molecule has 0 amide bonds. The van der Waals surface area contributed by atoms with Crippen LogP contribution in [0.4, 0.5) is 0 Å². The van der Waals surface area contributed by atoms with Crippen molar-refractivity contribution in [3.63, 3.8) is 0 Å². The van der Waals surface area contributed by atoms with Gasteiger partial charge >= 0.3 is 0 Å². The van der Waals surface area contributed by atoms with E-state index in [4.69, 9.17) is 18.9 Å². The van der Waals surface area contributed by atoms with Crippen molar-refractivity contribution in [3.8, 4) is 52.2 Å². The lowest BCUT2D eigenvalue weighted by Crippen LogP contribution is -2.01. The van der Waals surface area contributed by atoms with Crippen molar-refractivity contribution >= 4 is 21.8 Å². The van der Waals surface area contributed by atoms with E-state index in [1.54, 1.807) is 36.7 Å². The third-order valence-corrected chi connectivity index (χ3v) is 7.03. The number of nitrogens with zero attached hydrogens (tertiary/aromatic N) is 8. The van der Waals surface area contributed by atoms with E-state index in [-0.39, 0.29) is 0 Å². The third kappa shape index (κ3) is 5.93. The molecule has 0 aliphatic carbocycles. The summed E-state index contributed by atoms with van der Waals surface area (Å²) in [6, 6.07) is 29.8. The van der Waals surface area contributed by atoms with E-state index in [1.165, 1.54) is 25.3 Å². The topological polar surface area (TPSA) is 132 Å². The maximum atomic E-state index is 6.28. The molecule has 4 heterocycles. The summed E-state index contributed by atoms with van der Waals surface area (Å²) in [5.41, 5.74) is 1.68. The Hall–Kier alpha value is -6.95. The number of hydrogen-bond donors (Lipinski definition) is 0. The smallest absolute Gasteiger partial charge is 0.237 e. The lowest BCUT2D eigenvalue weighted by molar-refractivity contribution is 0.447. The normalized spacial score (nSPS) is 11.0. The first-order valence-corrected chi connectivity index (χ1v) is 14.4. The van der Waals surface area contributed by atoms with Crippen LogP contribution in [0.2, 0.25) is 0 Å². The first-order valence-electron chi connectivity index (χ1n) is 14.4. The average molecular weight is 619 g/mol. The number of rotatable bonds is 9. The van der Waals surface area contributed by atoms with Crippen molar-refractivity contribution in [1.29, 1.82) is 0 Å². The average Bonchev–Trinajstić information content (AvgIpc) is 3.42. The molecule has 226 valence electrons. The summed E-state index contributed by atoms with van der Waals surface area (Å²) in [6.07, 6.45) is 9.03. The van der Waals surface area contributed by atoms with E-state index in [0.717, 1.165) is 21.8 Å². The second kappa shape index (κ2) is 12.2. The molecule has 8 aromatic rings. The highest BCUT2D eigenvalue weighted by atomic mass is 16.5. The van der Waals surface area contributed by atoms with Gasteiger partial charge in [0.1, 0.15) is 59.8 Å². The van der Waals surface area contributed by atoms with Crippen LogP contribution >= 0.6 is 0 Å². The number of benzene rings is 4. The summed E-state index contributed by atoms with van der Waals surface area (Å²) in [6.45, 7) is 0. The van der Waals surface area contributed by atoms with Gasteiger partial charge in [-0.25, -0.2) is 34.9 Å². The molecule has 0 bridgehead atoms. The molecule has 0 unspecified atom stereocenters. The molecule has 12 nitrogen and oxygen atoms in total. The Balaban J connectivity index is 1.13. The van der Waals surface area contributed by atoms with Crippen LogP contribution in [0.3, 0.4) is 0 Å². The fourth-order valence-corrected chi connectivity index (χ4v) is 5.06. The maximum absolute atomic E-state index is 6.28. The number of ether oxygens (including phenoxy) is 4. The monoisotopic (exact) mass is 618 g/mol. The molecule has 4 aromatic carbocycles. The first kappa shape index (κ1) is 27.6. The number of hydrogen-bond acceptors (Lipinski definition) is 11. The van der Waals surface area contributed by atoms with Gasteiger partial charge in [-0.3, -0.25) is 4.57 Å². The van der Waals surface area contributed by atoms with Crippen LogP contribution in [0.1, 0.15) is 0 Å². The van der Waals surface area contributed by atoms with Crippen LogP contribution in [0.15, 0.2) is 135 Å². The van der Waals surface area contributed by atoms with Crippen LogP contribution in [-0.2, 0) is 0 Å². The van der Waals surface area contributed by atoms with Gasteiger partial charge in [0.2, 0.25) is 17.7 Å². The highest BCUT2D eigenvalue weighted by Gasteiger charge is 2.17. The molecule has 0 spiro atoms. The Kier molecular flexibility index (Phi) is 7.17. The zero-order valence-electron chi connectivity index (χ0n) is 24.4. The predicted octanol–water partition coefficient (Wildman–Crippen LogP) is 7.72. The summed E-state index contributed by atoms with van der Waals surface area (Å²) >= 11 is 0. The van der Waals surface area contributed by atoms with Crippen LogP contribution < -0.4 is 18.9 Å². The van der Waals surface area contributed by atoms with Gasteiger partial charge in [-0.1, -0.05) is 12.1 Å². The molecule has 0 N–H and O–H groups in total. The quantitative estimate of drug-likeness (QED) is 0.157. The maximum Gasteiger partial charge on any atom is 0.237 e. The molecule has 4 aromatic heterocycles. The van der Waals surface area contributed by atoms with E-state index in [0.29, 0.717) is 52.2 Å². The second-order valence-corrected chi connectivity index (χ2v) is 10.1. The Morgan fingerprint density at radius 2 is 0.851 bits per heavy atom. The molecule has 8 rings (SSSR count). The largest absolute Gasteiger partial charge is 0.457 e. The van der Waals surface area contributed by atoms with Crippen LogP contribution in [-0.4, -0.2) is 39.5 Å². The van der Waals surface area contributed by atoms with Crippen LogP contribution in [0.25, 0.3) is 27.8 Å². The molecule has 0 fully saturated rings. The molecule has 0 aliphatic heterocycles. The van der Waals surface area contributed by atoms with Crippen molar-refractivity contribution in [1.82, 2.24) is 39.5 Å². The Bertz CT molecular complexity index is 2180. The van der Waals surface area contributed by atoms with Crippen molar-refractivity contribution in [2.24, 2.45) is 0 Å². The van der Waals surface area contributed by atoms with Crippen LogP contribution in [0.5, 0.6) is 46.3 Å². The van der Waals surface area contributed by atoms with Crippen molar-refractivity contribution in [3.05, 3.63) is 135 Å². The zero-order chi connectivity index (χ0) is 31.4. The highest BCUT2D eigenvalue weighted by Crippen LogP contribution is 2.38. The highest BCUT2D eigenvalue weighted by molar-refractivity contribution is 6.09. The number of aromatic nitrogens is 8. The van der Waals surface area contributed by atoms with E-state index in [1.807, 2.05) is 77.4 Å². The van der Waals surface area contributed by atoms with Gasteiger partial charge in [-0.15, -0.1) is 0 Å². The third-order valence-electron chi connectivity index (χ3n) is 7.03. The van der Waals surface area contributed by atoms with Gasteiger partial charge in [-0.2, -0.15) is 0 Å². The van der Waals surface area contributed by atoms with Crippen molar-refractivity contribution < 1.29 is 18.9 Å². The summed E-state index contributed by atoms with van der Waals surface area (Å²) < 4.78 is 26.2. The molecular weight excluding hydrogens is 596 g/mol. The summed E-state index contributed by atoms with van der Waals surface area (Å²) in [5, 5.41) is 1.97.